The van der Waals surface area contributed by atoms with Crippen LogP contribution in [0.25, 0.3) is 0 Å². The summed E-state index contributed by atoms with van der Waals surface area (Å²) in [5, 5.41) is 5.81. The van der Waals surface area contributed by atoms with Gasteiger partial charge in [-0.25, -0.2) is 0 Å². The molecule has 1 aromatic rings. The van der Waals surface area contributed by atoms with Gasteiger partial charge in [-0.15, -0.1) is 37.2 Å². The number of hydrogen-bond acceptors (Lipinski definition) is 6. The summed E-state index contributed by atoms with van der Waals surface area (Å²) in [6.45, 7) is 8.36. The Kier molecular flexibility index (Phi) is 12.8. The van der Waals surface area contributed by atoms with Gasteiger partial charge in [-0.2, -0.15) is 0 Å². The van der Waals surface area contributed by atoms with Crippen molar-refractivity contribution >= 4 is 54.9 Å². The number of piperazine rings is 1. The van der Waals surface area contributed by atoms with Gasteiger partial charge in [-0.1, -0.05) is 17.9 Å². The van der Waals surface area contributed by atoms with Crippen LogP contribution in [0.3, 0.4) is 0 Å². The molecule has 4 aliphatic heterocycles. The molecule has 3 amide bonds. The Morgan fingerprint density at radius 1 is 0.947 bits per heavy atom. The summed E-state index contributed by atoms with van der Waals surface area (Å²) in [5.74, 6) is 5.78. The Labute approximate surface area is 243 Å². The Morgan fingerprint density at radius 3 is 2.39 bits per heavy atom. The first-order valence-corrected chi connectivity index (χ1v) is 13.0. The van der Waals surface area contributed by atoms with Gasteiger partial charge in [0.05, 0.1) is 0 Å². The van der Waals surface area contributed by atoms with E-state index in [2.05, 4.69) is 32.3 Å². The van der Waals surface area contributed by atoms with E-state index in [1.165, 1.54) is 25.9 Å². The Morgan fingerprint density at radius 2 is 1.68 bits per heavy atom. The summed E-state index contributed by atoms with van der Waals surface area (Å²) < 4.78 is 0. The standard InChI is InChI=1S/C27H35N5O3.3ClH/c33-25-9-8-24(26(34)29-25)32-19-23-20(6-4-7-22(23)27(32)35)5-2-1-3-14-30-15-17-31(18-16-30)21-10-12-28-13-11-21;;;/h4,6-7,21,24,28H,1,3,8-19H2,(H,29,33,34);3*1H. The Bertz CT molecular complexity index is 1050. The zero-order valence-corrected chi connectivity index (χ0v) is 24.0. The summed E-state index contributed by atoms with van der Waals surface area (Å²) in [6.07, 6.45) is 5.04. The number of benzene rings is 1. The molecule has 38 heavy (non-hydrogen) atoms. The van der Waals surface area contributed by atoms with Crippen LogP contribution in [-0.2, 0) is 16.1 Å². The second-order valence-corrected chi connectivity index (χ2v) is 10.00. The highest BCUT2D eigenvalue weighted by atomic mass is 35.5. The molecule has 0 aromatic heterocycles. The quantitative estimate of drug-likeness (QED) is 0.313. The second-order valence-electron chi connectivity index (χ2n) is 10.00. The van der Waals surface area contributed by atoms with Gasteiger partial charge < -0.3 is 15.1 Å². The lowest BCUT2D eigenvalue weighted by Crippen LogP contribution is -2.52. The minimum Gasteiger partial charge on any atom is -0.322 e. The maximum atomic E-state index is 13.0. The van der Waals surface area contributed by atoms with Gasteiger partial charge in [-0.3, -0.25) is 24.6 Å². The molecular weight excluding hydrogens is 549 g/mol. The van der Waals surface area contributed by atoms with E-state index in [4.69, 9.17) is 0 Å². The van der Waals surface area contributed by atoms with Crippen molar-refractivity contribution in [1.82, 2.24) is 25.3 Å². The Balaban J connectivity index is 0.00000169. The molecule has 4 heterocycles. The number of fused-ring (bicyclic) bond motifs is 1. The summed E-state index contributed by atoms with van der Waals surface area (Å²) in [4.78, 5) is 43.5. The number of nitrogens with zero attached hydrogens (tertiary/aromatic N) is 3. The SMILES string of the molecule is Cl.Cl.Cl.O=C1CCC(N2Cc3c(C#CCCCN4CCN(C5CCNCC5)CC4)cccc3C2=O)C(=O)N1. The summed E-state index contributed by atoms with van der Waals surface area (Å²) in [6, 6.07) is 5.78. The average molecular weight is 587 g/mol. The fourth-order valence-corrected chi connectivity index (χ4v) is 5.78. The molecule has 11 heteroatoms. The molecule has 1 unspecified atom stereocenters. The molecule has 3 saturated heterocycles. The normalized spacial score (nSPS) is 22.3. The van der Waals surface area contributed by atoms with E-state index in [-0.39, 0.29) is 61.4 Å². The van der Waals surface area contributed by atoms with Crippen molar-refractivity contribution in [3.8, 4) is 11.8 Å². The molecule has 8 nitrogen and oxygen atoms in total. The molecule has 5 rings (SSSR count). The molecule has 0 spiro atoms. The van der Waals surface area contributed by atoms with Crippen molar-refractivity contribution < 1.29 is 14.4 Å². The molecule has 1 atom stereocenters. The van der Waals surface area contributed by atoms with Crippen molar-refractivity contribution in [2.75, 3.05) is 45.8 Å². The number of rotatable bonds is 5. The number of carbonyl (C=O) groups excluding carboxylic acids is 3. The van der Waals surface area contributed by atoms with Gasteiger partial charge >= 0.3 is 0 Å². The number of piperidine rings is 2. The van der Waals surface area contributed by atoms with E-state index in [1.807, 2.05) is 12.1 Å². The minimum absolute atomic E-state index is 0. The van der Waals surface area contributed by atoms with Gasteiger partial charge in [0.15, 0.2) is 0 Å². The maximum Gasteiger partial charge on any atom is 0.255 e. The molecule has 0 saturated carbocycles. The molecule has 0 radical (unpaired) electrons. The zero-order valence-electron chi connectivity index (χ0n) is 21.6. The molecule has 0 aliphatic carbocycles. The van der Waals surface area contributed by atoms with Gasteiger partial charge in [0.1, 0.15) is 6.04 Å². The third-order valence-corrected chi connectivity index (χ3v) is 7.81. The predicted octanol–water partition coefficient (Wildman–Crippen LogP) is 2.21. The van der Waals surface area contributed by atoms with E-state index in [0.29, 0.717) is 18.5 Å². The van der Waals surface area contributed by atoms with Crippen LogP contribution < -0.4 is 10.6 Å². The predicted molar refractivity (Wildman–Crippen MR) is 154 cm³/mol. The van der Waals surface area contributed by atoms with E-state index < -0.39 is 6.04 Å². The average Bonchev–Trinajstić information content (AvgIpc) is 3.21. The van der Waals surface area contributed by atoms with Gasteiger partial charge in [0.25, 0.3) is 5.91 Å². The first-order chi connectivity index (χ1) is 17.1. The minimum atomic E-state index is -0.594. The fraction of sp³-hybridized carbons (Fsp3) is 0.593. The number of imide groups is 1. The monoisotopic (exact) mass is 585 g/mol. The summed E-state index contributed by atoms with van der Waals surface area (Å²) in [7, 11) is 0. The fourth-order valence-electron chi connectivity index (χ4n) is 5.78. The third-order valence-electron chi connectivity index (χ3n) is 7.81. The highest BCUT2D eigenvalue weighted by Gasteiger charge is 2.39. The molecule has 4 aliphatic rings. The van der Waals surface area contributed by atoms with Crippen LogP contribution in [0.4, 0.5) is 0 Å². The van der Waals surface area contributed by atoms with Crippen molar-refractivity contribution in [1.29, 1.82) is 0 Å². The first-order valence-electron chi connectivity index (χ1n) is 13.0. The number of nitrogens with one attached hydrogen (secondary N) is 2. The lowest BCUT2D eigenvalue weighted by atomic mass is 10.0. The number of halogens is 3. The van der Waals surface area contributed by atoms with Crippen molar-refractivity contribution in [3.63, 3.8) is 0 Å². The van der Waals surface area contributed by atoms with Crippen LogP contribution in [0.2, 0.25) is 0 Å². The van der Waals surface area contributed by atoms with Gasteiger partial charge in [0, 0.05) is 62.7 Å². The first kappa shape index (κ1) is 32.4. The Hall–Kier alpha value is -1.86. The molecule has 0 bridgehead atoms. The smallest absolute Gasteiger partial charge is 0.255 e. The number of unbranched alkanes of at least 4 members (excludes halogenated alkanes) is 1. The highest BCUT2D eigenvalue weighted by Crippen LogP contribution is 2.29. The van der Waals surface area contributed by atoms with Crippen molar-refractivity contribution in [3.05, 3.63) is 34.9 Å². The largest absolute Gasteiger partial charge is 0.322 e. The number of carbonyl (C=O) groups is 3. The van der Waals surface area contributed by atoms with Crippen molar-refractivity contribution in [2.24, 2.45) is 0 Å². The zero-order chi connectivity index (χ0) is 24.2. The lowest BCUT2D eigenvalue weighted by molar-refractivity contribution is -0.136. The van der Waals surface area contributed by atoms with E-state index in [9.17, 15) is 14.4 Å². The summed E-state index contributed by atoms with van der Waals surface area (Å²) in [5.41, 5.74) is 2.37. The molecule has 2 N–H and O–H groups in total. The van der Waals surface area contributed by atoms with Crippen LogP contribution >= 0.6 is 37.2 Å². The molecule has 3 fully saturated rings. The van der Waals surface area contributed by atoms with Gasteiger partial charge in [0.2, 0.25) is 11.8 Å². The van der Waals surface area contributed by atoms with E-state index in [1.54, 1.807) is 11.0 Å². The van der Waals surface area contributed by atoms with Crippen LogP contribution in [-0.4, -0.2) is 90.3 Å². The topological polar surface area (TPSA) is 85.0 Å². The molecular formula is C27H38Cl3N5O3. The molecule has 1 aromatic carbocycles. The van der Waals surface area contributed by atoms with Crippen LogP contribution in [0.5, 0.6) is 0 Å². The van der Waals surface area contributed by atoms with Crippen LogP contribution in [0.1, 0.15) is 60.0 Å². The lowest BCUT2D eigenvalue weighted by Gasteiger charge is -2.40. The van der Waals surface area contributed by atoms with E-state index in [0.717, 1.165) is 62.7 Å². The number of amides is 3. The maximum absolute atomic E-state index is 13.0. The molecule has 210 valence electrons. The van der Waals surface area contributed by atoms with Crippen LogP contribution in [0, 0.1) is 11.8 Å². The van der Waals surface area contributed by atoms with Crippen LogP contribution in [0.15, 0.2) is 18.2 Å². The van der Waals surface area contributed by atoms with Gasteiger partial charge in [-0.05, 0) is 63.0 Å². The number of hydrogen-bond donors (Lipinski definition) is 2. The highest BCUT2D eigenvalue weighted by molar-refractivity contribution is 6.05. The van der Waals surface area contributed by atoms with E-state index >= 15 is 0 Å². The van der Waals surface area contributed by atoms with Crippen molar-refractivity contribution in [2.45, 2.75) is 57.2 Å². The third kappa shape index (κ3) is 7.41. The second kappa shape index (κ2) is 15.1. The summed E-state index contributed by atoms with van der Waals surface area (Å²) >= 11 is 0.